The lowest BCUT2D eigenvalue weighted by Crippen LogP contribution is -2.61. The fourth-order valence-corrected chi connectivity index (χ4v) is 6.00. The second-order valence-electron chi connectivity index (χ2n) is 15.7. The molecule has 3 aromatic rings. The fraction of sp³-hybridized carbons (Fsp3) is 0.500. The lowest BCUT2D eigenvalue weighted by Gasteiger charge is -2.37. The van der Waals surface area contributed by atoms with E-state index < -0.39 is 65.4 Å². The van der Waals surface area contributed by atoms with E-state index >= 15 is 0 Å². The van der Waals surface area contributed by atoms with Crippen LogP contribution in [0, 0.1) is 10.8 Å². The molecule has 0 aliphatic carbocycles. The van der Waals surface area contributed by atoms with E-state index in [1.807, 2.05) is 114 Å². The Morgan fingerprint density at radius 1 is 0.750 bits per heavy atom. The van der Waals surface area contributed by atoms with Crippen molar-refractivity contribution in [2.24, 2.45) is 10.8 Å². The topological polar surface area (TPSA) is 169 Å². The molecule has 0 aliphatic heterocycles. The molecule has 5 atom stereocenters. The zero-order valence-corrected chi connectivity index (χ0v) is 34.4. The first kappa shape index (κ1) is 45.3. The molecular weight excluding hydrogens is 716 g/mol. The normalized spacial score (nSPS) is 14.4. The van der Waals surface area contributed by atoms with Gasteiger partial charge in [0.2, 0.25) is 12.2 Å². The third kappa shape index (κ3) is 14.5. The van der Waals surface area contributed by atoms with Crippen LogP contribution in [-0.2, 0) is 41.5 Å². The monoisotopic (exact) mass is 776 g/mol. The molecule has 0 fully saturated rings. The first-order chi connectivity index (χ1) is 26.4. The molecule has 4 N–H and O–H groups in total. The highest BCUT2D eigenvalue weighted by atomic mass is 16.7. The van der Waals surface area contributed by atoms with E-state index in [9.17, 15) is 19.2 Å². The second-order valence-corrected chi connectivity index (χ2v) is 15.7. The summed E-state index contributed by atoms with van der Waals surface area (Å²) in [7, 11) is 2.78. The maximum Gasteiger partial charge on any atom is 0.410 e. The summed E-state index contributed by atoms with van der Waals surface area (Å²) in [6.45, 7) is 15.1. The number of aromatic nitrogens is 1. The van der Waals surface area contributed by atoms with Gasteiger partial charge in [0, 0.05) is 38.6 Å². The van der Waals surface area contributed by atoms with Crippen LogP contribution < -0.4 is 21.4 Å². The van der Waals surface area contributed by atoms with Crippen molar-refractivity contribution in [3.63, 3.8) is 0 Å². The summed E-state index contributed by atoms with van der Waals surface area (Å²) in [5, 5.41) is 10.2. The highest BCUT2D eigenvalue weighted by Gasteiger charge is 2.38. The summed E-state index contributed by atoms with van der Waals surface area (Å²) >= 11 is 0. The Labute approximate surface area is 331 Å². The Balaban J connectivity index is 1.99. The highest BCUT2D eigenvalue weighted by molar-refractivity contribution is 5.87. The summed E-state index contributed by atoms with van der Waals surface area (Å²) in [5.41, 5.74) is 5.17. The highest BCUT2D eigenvalue weighted by Crippen LogP contribution is 2.23. The predicted molar refractivity (Wildman–Crippen MR) is 214 cm³/mol. The Morgan fingerprint density at radius 2 is 1.36 bits per heavy atom. The van der Waals surface area contributed by atoms with Gasteiger partial charge in [-0.15, -0.1) is 0 Å². The number of ether oxygens (including phenoxy) is 4. The van der Waals surface area contributed by atoms with Gasteiger partial charge in [-0.25, -0.2) is 14.6 Å². The molecule has 2 aromatic carbocycles. The summed E-state index contributed by atoms with van der Waals surface area (Å²) in [4.78, 5) is 57.9. The quantitative estimate of drug-likeness (QED) is 0.0940. The minimum absolute atomic E-state index is 0.110. The number of rotatable bonds is 18. The average Bonchev–Trinajstić information content (AvgIpc) is 3.14. The Kier molecular flexibility index (Phi) is 17.3. The van der Waals surface area contributed by atoms with E-state index in [1.165, 1.54) is 7.11 Å². The van der Waals surface area contributed by atoms with Crippen molar-refractivity contribution in [1.29, 1.82) is 0 Å². The number of pyridine rings is 1. The number of methoxy groups -OCH3 is 2. The first-order valence-corrected chi connectivity index (χ1v) is 18.8. The zero-order chi connectivity index (χ0) is 41.5. The lowest BCUT2D eigenvalue weighted by molar-refractivity contribution is -0.133. The number of benzene rings is 2. The Bertz CT molecular complexity index is 1680. The number of amides is 4. The van der Waals surface area contributed by atoms with E-state index in [4.69, 9.17) is 18.9 Å². The van der Waals surface area contributed by atoms with Crippen molar-refractivity contribution >= 4 is 24.0 Å². The van der Waals surface area contributed by atoms with Gasteiger partial charge in [0.05, 0.1) is 24.9 Å². The van der Waals surface area contributed by atoms with Crippen molar-refractivity contribution in [2.75, 3.05) is 27.4 Å². The molecule has 4 amide bonds. The number of hydrogen-bond donors (Lipinski definition) is 4. The van der Waals surface area contributed by atoms with E-state index in [1.54, 1.807) is 32.2 Å². The molecule has 14 nitrogen and oxygen atoms in total. The second kappa shape index (κ2) is 21.3. The number of alkyl carbamates (subject to hydrolysis) is 2. The zero-order valence-electron chi connectivity index (χ0n) is 34.4. The number of nitrogens with zero attached hydrogens (tertiary/aromatic N) is 2. The van der Waals surface area contributed by atoms with Crippen LogP contribution in [0.2, 0.25) is 0 Å². The molecular formula is C42H60N6O8. The summed E-state index contributed by atoms with van der Waals surface area (Å²) < 4.78 is 21.6. The number of hydrogen-bond acceptors (Lipinski definition) is 10. The van der Waals surface area contributed by atoms with Crippen LogP contribution >= 0.6 is 0 Å². The molecule has 3 rings (SSSR count). The predicted octanol–water partition coefficient (Wildman–Crippen LogP) is 5.62. The Hall–Kier alpha value is -5.05. The average molecular weight is 777 g/mol. The summed E-state index contributed by atoms with van der Waals surface area (Å²) in [5.74, 6) is -0.916. The van der Waals surface area contributed by atoms with E-state index in [0.717, 1.165) is 22.4 Å². The SMILES string of the molecule is CCOC(C)OC(=O)N[C@H](C(=O)N[C@@H](Cc1ccccc1)[C@H](CN(Cc1ccc(-c2ccccn2)cc1)NC(=O)[C@H](NC(=O)OC)C(C)(C)C)OC)C(C)(C)C. The molecule has 1 aromatic heterocycles. The van der Waals surface area contributed by atoms with E-state index in [0.29, 0.717) is 13.0 Å². The number of nitrogens with one attached hydrogen (secondary N) is 4. The van der Waals surface area contributed by atoms with Gasteiger partial charge in [0.25, 0.3) is 5.91 Å². The Morgan fingerprint density at radius 3 is 1.91 bits per heavy atom. The molecule has 0 aliphatic rings. The third-order valence-electron chi connectivity index (χ3n) is 8.97. The number of hydrazine groups is 1. The van der Waals surface area contributed by atoms with E-state index in [-0.39, 0.29) is 13.1 Å². The summed E-state index contributed by atoms with van der Waals surface area (Å²) in [6.07, 6.45) is -0.933. The molecule has 0 saturated carbocycles. The van der Waals surface area contributed by atoms with Crippen molar-refractivity contribution in [3.8, 4) is 11.3 Å². The van der Waals surface area contributed by atoms with Crippen LogP contribution in [0.5, 0.6) is 0 Å². The van der Waals surface area contributed by atoms with Gasteiger partial charge in [0.1, 0.15) is 12.1 Å². The maximum atomic E-state index is 14.2. The smallest absolute Gasteiger partial charge is 0.410 e. The van der Waals surface area contributed by atoms with Crippen LogP contribution in [-0.4, -0.2) is 91.9 Å². The standard InChI is InChI=1S/C42H60N6O8/c1-11-55-28(2)56-40(52)46-35(41(3,4)5)37(49)44-33(25-29-17-13-12-14-18-29)34(53-9)27-48(47-38(50)36(42(6,7)8)45-39(51)54-10)26-30-20-22-31(23-21-30)32-19-15-16-24-43-32/h12-24,28,33-36H,11,25-27H2,1-10H3,(H,44,49)(H,45,51)(H,46,52)(H,47,50)/t28?,33-,34-,35+,36-/m0/s1. The van der Waals surface area contributed by atoms with Gasteiger partial charge in [-0.1, -0.05) is 102 Å². The molecule has 0 spiro atoms. The van der Waals surface area contributed by atoms with Crippen molar-refractivity contribution in [1.82, 2.24) is 31.4 Å². The van der Waals surface area contributed by atoms with Crippen LogP contribution in [0.1, 0.15) is 66.5 Å². The molecule has 0 radical (unpaired) electrons. The minimum atomic E-state index is -0.995. The molecule has 1 heterocycles. The van der Waals surface area contributed by atoms with Gasteiger partial charge < -0.3 is 34.9 Å². The minimum Gasteiger partial charge on any atom is -0.453 e. The molecule has 306 valence electrons. The van der Waals surface area contributed by atoms with Gasteiger partial charge in [-0.2, -0.15) is 0 Å². The summed E-state index contributed by atoms with van der Waals surface area (Å²) in [6, 6.07) is 20.6. The van der Waals surface area contributed by atoms with E-state index in [2.05, 4.69) is 26.4 Å². The van der Waals surface area contributed by atoms with Gasteiger partial charge in [-0.05, 0) is 54.4 Å². The van der Waals surface area contributed by atoms with Crippen molar-refractivity contribution in [3.05, 3.63) is 90.1 Å². The van der Waals surface area contributed by atoms with Crippen LogP contribution in [0.3, 0.4) is 0 Å². The fourth-order valence-electron chi connectivity index (χ4n) is 6.00. The molecule has 56 heavy (non-hydrogen) atoms. The molecule has 0 bridgehead atoms. The van der Waals surface area contributed by atoms with Crippen LogP contribution in [0.15, 0.2) is 79.0 Å². The first-order valence-electron chi connectivity index (χ1n) is 18.8. The van der Waals surface area contributed by atoms with Gasteiger partial charge in [-0.3, -0.25) is 20.0 Å². The van der Waals surface area contributed by atoms with Gasteiger partial charge >= 0.3 is 12.2 Å². The maximum absolute atomic E-state index is 14.2. The van der Waals surface area contributed by atoms with Gasteiger partial charge in [0.15, 0.2) is 0 Å². The molecule has 0 saturated heterocycles. The van der Waals surface area contributed by atoms with Crippen molar-refractivity contribution in [2.45, 2.75) is 98.9 Å². The largest absolute Gasteiger partial charge is 0.453 e. The third-order valence-corrected chi connectivity index (χ3v) is 8.97. The number of carbonyl (C=O) groups excluding carboxylic acids is 4. The lowest BCUT2D eigenvalue weighted by atomic mass is 9.85. The molecule has 14 heteroatoms. The van der Waals surface area contributed by atoms with Crippen molar-refractivity contribution < 1.29 is 38.1 Å². The van der Waals surface area contributed by atoms with Crippen LogP contribution in [0.25, 0.3) is 11.3 Å². The molecule has 1 unspecified atom stereocenters. The van der Waals surface area contributed by atoms with Crippen LogP contribution in [0.4, 0.5) is 9.59 Å². The number of carbonyl (C=O) groups is 4.